The molecule has 5 rings (SSSR count). The number of aliphatic hydroxyl groups is 2. The fraction of sp³-hybridized carbons (Fsp3) is 0.429. The molecule has 5 atom stereocenters. The molecule has 2 saturated carbocycles. The Labute approximate surface area is 167 Å². The van der Waals surface area contributed by atoms with Gasteiger partial charge in [0, 0.05) is 22.4 Å². The fourth-order valence-corrected chi connectivity index (χ4v) is 5.46. The third-order valence-electron chi connectivity index (χ3n) is 5.78. The molecule has 2 aromatic rings. The molecule has 1 amide bonds. The van der Waals surface area contributed by atoms with Crippen LogP contribution in [0.1, 0.15) is 19.3 Å². The van der Waals surface area contributed by atoms with Crippen LogP contribution in [0.15, 0.2) is 47.5 Å². The number of carbonyl (C=O) groups is 1. The quantitative estimate of drug-likeness (QED) is 0.637. The second-order valence-corrected chi connectivity index (χ2v) is 9.01. The Hall–Kier alpha value is -2.09. The maximum atomic E-state index is 12.7. The van der Waals surface area contributed by atoms with Crippen molar-refractivity contribution >= 4 is 39.3 Å². The van der Waals surface area contributed by atoms with Crippen LogP contribution < -0.4 is 10.6 Å². The minimum Gasteiger partial charge on any atom is -0.390 e. The molecule has 0 aromatic heterocycles. The van der Waals surface area contributed by atoms with E-state index in [9.17, 15) is 15.0 Å². The van der Waals surface area contributed by atoms with Crippen molar-refractivity contribution in [2.75, 3.05) is 5.32 Å². The molecule has 0 bridgehead atoms. The van der Waals surface area contributed by atoms with Crippen molar-refractivity contribution in [1.29, 1.82) is 0 Å². The minimum atomic E-state index is -0.950. The number of aliphatic hydroxyl groups excluding tert-OH is 2. The lowest BCUT2D eigenvalue weighted by Crippen LogP contribution is -2.54. The van der Waals surface area contributed by atoms with E-state index < -0.39 is 18.2 Å². The predicted molar refractivity (Wildman–Crippen MR) is 111 cm³/mol. The average molecular weight is 398 g/mol. The number of anilines is 1. The number of benzene rings is 2. The van der Waals surface area contributed by atoms with Crippen LogP contribution in [0.4, 0.5) is 5.69 Å². The van der Waals surface area contributed by atoms with Gasteiger partial charge in [0.1, 0.15) is 6.10 Å². The van der Waals surface area contributed by atoms with E-state index in [1.165, 1.54) is 11.8 Å². The predicted octanol–water partition coefficient (Wildman–Crippen LogP) is 2.11. The van der Waals surface area contributed by atoms with Gasteiger partial charge in [-0.1, -0.05) is 48.2 Å². The second kappa shape index (κ2) is 7.06. The molecule has 1 heterocycles. The monoisotopic (exact) mass is 397 g/mol. The summed E-state index contributed by atoms with van der Waals surface area (Å²) in [6.45, 7) is 0. The topological polar surface area (TPSA) is 94.0 Å². The van der Waals surface area contributed by atoms with Gasteiger partial charge in [0.15, 0.2) is 5.17 Å². The summed E-state index contributed by atoms with van der Waals surface area (Å²) in [5.74, 6) is -0.387. The first-order valence-corrected chi connectivity index (χ1v) is 10.6. The van der Waals surface area contributed by atoms with Gasteiger partial charge in [-0.3, -0.25) is 9.79 Å². The van der Waals surface area contributed by atoms with E-state index in [2.05, 4.69) is 33.8 Å². The molecule has 146 valence electrons. The van der Waals surface area contributed by atoms with Gasteiger partial charge in [0.2, 0.25) is 5.91 Å². The van der Waals surface area contributed by atoms with Crippen LogP contribution in [-0.2, 0) is 4.79 Å². The first-order valence-electron chi connectivity index (χ1n) is 9.76. The van der Waals surface area contributed by atoms with Crippen LogP contribution in [0.5, 0.6) is 0 Å². The molecular weight excluding hydrogens is 374 g/mol. The standard InChI is InChI=1S/C21H23N3O3S/c25-16-10-14(20(27)22-12-8-9-12)19-17(18(16)26)24-21(28-19)23-15-7-3-5-11-4-1-2-6-13(11)15/h1-7,12,14,16-19,25-26H,8-10H2,(H,22,27)(H,23,24)/t14-,16+,17+,18-,19+/m0/s1. The zero-order valence-corrected chi connectivity index (χ0v) is 16.1. The number of nitrogens with zero attached hydrogens (tertiary/aromatic N) is 1. The Morgan fingerprint density at radius 3 is 2.71 bits per heavy atom. The van der Waals surface area contributed by atoms with Crippen LogP contribution in [0.3, 0.4) is 0 Å². The highest BCUT2D eigenvalue weighted by Gasteiger charge is 2.50. The van der Waals surface area contributed by atoms with Crippen molar-refractivity contribution < 1.29 is 15.0 Å². The van der Waals surface area contributed by atoms with E-state index in [1.807, 2.05) is 24.3 Å². The SMILES string of the molecule is O=C(NC1CC1)[C@H]1C[C@@H](O)[C@H](O)[C@H]2N=C(Nc3cccc4ccccc34)S[C@@H]21. The second-order valence-electron chi connectivity index (χ2n) is 7.84. The normalized spacial score (nSPS) is 31.9. The van der Waals surface area contributed by atoms with Gasteiger partial charge in [-0.2, -0.15) is 0 Å². The smallest absolute Gasteiger partial charge is 0.224 e. The lowest BCUT2D eigenvalue weighted by atomic mass is 9.81. The van der Waals surface area contributed by atoms with Crippen LogP contribution in [0, 0.1) is 5.92 Å². The molecule has 3 aliphatic rings. The van der Waals surface area contributed by atoms with Gasteiger partial charge < -0.3 is 20.8 Å². The van der Waals surface area contributed by atoms with Gasteiger partial charge in [-0.05, 0) is 30.7 Å². The number of rotatable bonds is 3. The summed E-state index contributed by atoms with van der Waals surface area (Å²) < 4.78 is 0. The number of amides is 1. The summed E-state index contributed by atoms with van der Waals surface area (Å²) in [5, 5.41) is 29.9. The molecule has 2 fully saturated rings. The maximum Gasteiger partial charge on any atom is 0.224 e. The average Bonchev–Trinajstić information content (AvgIpc) is 3.41. The molecule has 2 aromatic carbocycles. The van der Waals surface area contributed by atoms with Crippen molar-refractivity contribution in [3.8, 4) is 0 Å². The molecule has 0 saturated heterocycles. The molecular formula is C21H23N3O3S. The van der Waals surface area contributed by atoms with Gasteiger partial charge >= 0.3 is 0 Å². The molecule has 0 radical (unpaired) electrons. The van der Waals surface area contributed by atoms with E-state index in [0.29, 0.717) is 5.17 Å². The molecule has 0 spiro atoms. The van der Waals surface area contributed by atoms with Crippen molar-refractivity contribution in [1.82, 2.24) is 5.32 Å². The largest absolute Gasteiger partial charge is 0.390 e. The molecule has 6 nitrogen and oxygen atoms in total. The summed E-state index contributed by atoms with van der Waals surface area (Å²) in [6, 6.07) is 13.9. The van der Waals surface area contributed by atoms with Crippen molar-refractivity contribution in [2.24, 2.45) is 10.9 Å². The molecule has 0 unspecified atom stereocenters. The van der Waals surface area contributed by atoms with E-state index in [0.717, 1.165) is 29.3 Å². The van der Waals surface area contributed by atoms with E-state index >= 15 is 0 Å². The zero-order chi connectivity index (χ0) is 19.3. The third kappa shape index (κ3) is 3.27. The first kappa shape index (κ1) is 18.0. The molecule has 4 N–H and O–H groups in total. The number of hydrogen-bond donors (Lipinski definition) is 4. The lowest BCUT2D eigenvalue weighted by molar-refractivity contribution is -0.129. The van der Waals surface area contributed by atoms with Crippen LogP contribution >= 0.6 is 11.8 Å². The zero-order valence-electron chi connectivity index (χ0n) is 15.3. The minimum absolute atomic E-state index is 0.0300. The maximum absolute atomic E-state index is 12.7. The fourth-order valence-electron chi connectivity index (χ4n) is 4.09. The molecule has 7 heteroatoms. The number of thioether (sulfide) groups is 1. The molecule has 28 heavy (non-hydrogen) atoms. The van der Waals surface area contributed by atoms with Crippen molar-refractivity contribution in [3.05, 3.63) is 42.5 Å². The Morgan fingerprint density at radius 2 is 1.89 bits per heavy atom. The van der Waals surface area contributed by atoms with Gasteiger partial charge in [-0.25, -0.2) is 0 Å². The molecule has 1 aliphatic heterocycles. The van der Waals surface area contributed by atoms with Crippen molar-refractivity contribution in [2.45, 2.75) is 48.8 Å². The first-order chi connectivity index (χ1) is 13.6. The summed E-state index contributed by atoms with van der Waals surface area (Å²) in [6.07, 6.45) is 0.432. The third-order valence-corrected chi connectivity index (χ3v) is 7.09. The van der Waals surface area contributed by atoms with E-state index in [1.54, 1.807) is 0 Å². The summed E-state index contributed by atoms with van der Waals surface area (Å²) in [5.41, 5.74) is 0.942. The van der Waals surface area contributed by atoms with Gasteiger partial charge in [0.25, 0.3) is 0 Å². The van der Waals surface area contributed by atoms with E-state index in [4.69, 9.17) is 0 Å². The highest BCUT2D eigenvalue weighted by atomic mass is 32.2. The van der Waals surface area contributed by atoms with Crippen molar-refractivity contribution in [3.63, 3.8) is 0 Å². The van der Waals surface area contributed by atoms with Crippen LogP contribution in [0.2, 0.25) is 0 Å². The van der Waals surface area contributed by atoms with E-state index in [-0.39, 0.29) is 29.5 Å². The highest BCUT2D eigenvalue weighted by molar-refractivity contribution is 8.15. The number of carbonyl (C=O) groups excluding carboxylic acids is 1. The number of aliphatic imine (C=N–C) groups is 1. The highest BCUT2D eigenvalue weighted by Crippen LogP contribution is 2.42. The van der Waals surface area contributed by atoms with Crippen LogP contribution in [0.25, 0.3) is 10.8 Å². The Bertz CT molecular complexity index is 940. The van der Waals surface area contributed by atoms with Gasteiger partial charge in [-0.15, -0.1) is 0 Å². The summed E-state index contributed by atoms with van der Waals surface area (Å²) in [4.78, 5) is 17.3. The number of fused-ring (bicyclic) bond motifs is 2. The lowest BCUT2D eigenvalue weighted by Gasteiger charge is -2.37. The Balaban J connectivity index is 1.39. The molecule has 2 aliphatic carbocycles. The summed E-state index contributed by atoms with van der Waals surface area (Å²) in [7, 11) is 0. The number of hydrogen-bond acceptors (Lipinski definition) is 6. The van der Waals surface area contributed by atoms with Crippen LogP contribution in [-0.4, -0.2) is 50.8 Å². The number of nitrogens with one attached hydrogen (secondary N) is 2. The Kier molecular flexibility index (Phi) is 4.53. The Morgan fingerprint density at radius 1 is 1.11 bits per heavy atom. The van der Waals surface area contributed by atoms with Gasteiger partial charge in [0.05, 0.1) is 18.1 Å². The summed E-state index contributed by atoms with van der Waals surface area (Å²) >= 11 is 1.49. The number of amidine groups is 1.